The summed E-state index contributed by atoms with van der Waals surface area (Å²) in [7, 11) is 3.04. The number of guanidine groups is 1. The zero-order valence-electron chi connectivity index (χ0n) is 15.7. The first-order valence-corrected chi connectivity index (χ1v) is 8.55. The Bertz CT molecular complexity index is 662. The molecule has 0 aliphatic carbocycles. The van der Waals surface area contributed by atoms with Gasteiger partial charge in [0.05, 0.1) is 20.3 Å². The standard InChI is InChI=1S/C17H26N4O5/c1-5-25-17(23)21-8-6-20(7-9-21)16(18-3)19-11-13-10-14(12(2)26-13)15(22)24-4/h10H,5-9,11H2,1-4H3,(H,18,19). The molecule has 9 nitrogen and oxygen atoms in total. The number of nitrogens with one attached hydrogen (secondary N) is 1. The van der Waals surface area contributed by atoms with Gasteiger partial charge in [-0.3, -0.25) is 4.99 Å². The Hall–Kier alpha value is -2.71. The van der Waals surface area contributed by atoms with Crippen molar-refractivity contribution < 1.29 is 23.5 Å². The Balaban J connectivity index is 1.89. The smallest absolute Gasteiger partial charge is 0.409 e. The number of amides is 1. The first-order valence-electron chi connectivity index (χ1n) is 8.55. The van der Waals surface area contributed by atoms with Gasteiger partial charge in [-0.25, -0.2) is 9.59 Å². The van der Waals surface area contributed by atoms with E-state index in [1.54, 1.807) is 31.9 Å². The summed E-state index contributed by atoms with van der Waals surface area (Å²) in [5, 5.41) is 3.22. The average Bonchev–Trinajstić information content (AvgIpc) is 3.03. The Kier molecular flexibility index (Phi) is 6.88. The second kappa shape index (κ2) is 9.12. The van der Waals surface area contributed by atoms with Gasteiger partial charge in [-0.2, -0.15) is 0 Å². The molecule has 1 fully saturated rings. The molecule has 9 heteroatoms. The molecule has 1 aliphatic rings. The van der Waals surface area contributed by atoms with Gasteiger partial charge in [-0.15, -0.1) is 0 Å². The van der Waals surface area contributed by atoms with Crippen LogP contribution in [0.4, 0.5) is 4.79 Å². The first kappa shape index (κ1) is 19.6. The summed E-state index contributed by atoms with van der Waals surface area (Å²) < 4.78 is 15.3. The van der Waals surface area contributed by atoms with Gasteiger partial charge in [0.25, 0.3) is 0 Å². The predicted molar refractivity (Wildman–Crippen MR) is 95.2 cm³/mol. The fourth-order valence-corrected chi connectivity index (χ4v) is 2.76. The topological polar surface area (TPSA) is 96.6 Å². The molecular formula is C17H26N4O5. The summed E-state index contributed by atoms with van der Waals surface area (Å²) in [5.74, 6) is 1.43. The lowest BCUT2D eigenvalue weighted by atomic mass is 10.2. The number of esters is 1. The number of hydrogen-bond acceptors (Lipinski definition) is 6. The van der Waals surface area contributed by atoms with Crippen molar-refractivity contribution in [1.29, 1.82) is 0 Å². The second-order valence-corrected chi connectivity index (χ2v) is 5.75. The second-order valence-electron chi connectivity index (χ2n) is 5.75. The van der Waals surface area contributed by atoms with Crippen molar-refractivity contribution in [3.8, 4) is 0 Å². The van der Waals surface area contributed by atoms with Crippen LogP contribution < -0.4 is 5.32 Å². The third-order valence-corrected chi connectivity index (χ3v) is 4.11. The van der Waals surface area contributed by atoms with E-state index in [0.29, 0.717) is 62.4 Å². The number of methoxy groups -OCH3 is 1. The van der Waals surface area contributed by atoms with E-state index in [1.807, 2.05) is 0 Å². The Labute approximate surface area is 152 Å². The summed E-state index contributed by atoms with van der Waals surface area (Å²) in [5.41, 5.74) is 0.419. The number of aliphatic imine (C=N–C) groups is 1. The molecule has 0 bridgehead atoms. The largest absolute Gasteiger partial charge is 0.465 e. The predicted octanol–water partition coefficient (Wildman–Crippen LogP) is 1.22. The molecule has 1 saturated heterocycles. The van der Waals surface area contributed by atoms with E-state index in [9.17, 15) is 9.59 Å². The number of ether oxygens (including phenoxy) is 2. The van der Waals surface area contributed by atoms with Crippen LogP contribution in [-0.4, -0.2) is 74.8 Å². The average molecular weight is 366 g/mol. The fraction of sp³-hybridized carbons (Fsp3) is 0.588. The lowest BCUT2D eigenvalue weighted by Gasteiger charge is -2.35. The molecule has 1 aromatic heterocycles. The molecule has 1 aromatic rings. The molecule has 144 valence electrons. The number of rotatable bonds is 4. The highest BCUT2D eigenvalue weighted by Gasteiger charge is 2.24. The van der Waals surface area contributed by atoms with Crippen molar-refractivity contribution in [2.45, 2.75) is 20.4 Å². The summed E-state index contributed by atoms with van der Waals surface area (Å²) in [6.45, 7) is 6.74. The maximum Gasteiger partial charge on any atom is 0.409 e. The van der Waals surface area contributed by atoms with Crippen LogP contribution >= 0.6 is 0 Å². The third kappa shape index (κ3) is 4.68. The van der Waals surface area contributed by atoms with Crippen molar-refractivity contribution in [3.05, 3.63) is 23.2 Å². The van der Waals surface area contributed by atoms with Crippen molar-refractivity contribution in [2.75, 3.05) is 46.9 Å². The monoisotopic (exact) mass is 366 g/mol. The molecule has 2 heterocycles. The number of furan rings is 1. The molecule has 1 aliphatic heterocycles. The van der Waals surface area contributed by atoms with Gasteiger partial charge in [0.15, 0.2) is 5.96 Å². The van der Waals surface area contributed by atoms with Gasteiger partial charge in [-0.05, 0) is 19.9 Å². The number of carbonyl (C=O) groups excluding carboxylic acids is 2. The van der Waals surface area contributed by atoms with Gasteiger partial charge in [-0.1, -0.05) is 0 Å². The lowest BCUT2D eigenvalue weighted by Crippen LogP contribution is -2.53. The first-order chi connectivity index (χ1) is 12.5. The van der Waals surface area contributed by atoms with Crippen LogP contribution in [0.15, 0.2) is 15.5 Å². The Morgan fingerprint density at radius 2 is 1.92 bits per heavy atom. The minimum atomic E-state index is -0.419. The van der Waals surface area contributed by atoms with Gasteiger partial charge in [0.1, 0.15) is 17.1 Å². The van der Waals surface area contributed by atoms with Crippen LogP contribution in [0.2, 0.25) is 0 Å². The van der Waals surface area contributed by atoms with E-state index >= 15 is 0 Å². The number of nitrogens with zero attached hydrogens (tertiary/aromatic N) is 3. The summed E-state index contributed by atoms with van der Waals surface area (Å²) in [4.78, 5) is 31.4. The summed E-state index contributed by atoms with van der Waals surface area (Å²) >= 11 is 0. The number of hydrogen-bond donors (Lipinski definition) is 1. The zero-order valence-corrected chi connectivity index (χ0v) is 15.7. The normalized spacial score (nSPS) is 15.0. The van der Waals surface area contributed by atoms with Crippen molar-refractivity contribution in [2.24, 2.45) is 4.99 Å². The van der Waals surface area contributed by atoms with Crippen LogP contribution in [0.25, 0.3) is 0 Å². The van der Waals surface area contributed by atoms with E-state index in [-0.39, 0.29) is 6.09 Å². The molecule has 2 rings (SSSR count). The van der Waals surface area contributed by atoms with Crippen LogP contribution in [0.5, 0.6) is 0 Å². The van der Waals surface area contributed by atoms with Gasteiger partial charge in [0.2, 0.25) is 0 Å². The zero-order chi connectivity index (χ0) is 19.1. The Morgan fingerprint density at radius 3 is 2.50 bits per heavy atom. The summed E-state index contributed by atoms with van der Waals surface area (Å²) in [6.07, 6.45) is -0.281. The van der Waals surface area contributed by atoms with Gasteiger partial charge in [0, 0.05) is 33.2 Å². The third-order valence-electron chi connectivity index (χ3n) is 4.11. The maximum atomic E-state index is 11.8. The van der Waals surface area contributed by atoms with Crippen LogP contribution in [0.3, 0.4) is 0 Å². The molecular weight excluding hydrogens is 340 g/mol. The highest BCUT2D eigenvalue weighted by molar-refractivity contribution is 5.90. The van der Waals surface area contributed by atoms with Crippen molar-refractivity contribution in [3.63, 3.8) is 0 Å². The van der Waals surface area contributed by atoms with Gasteiger partial charge < -0.3 is 29.0 Å². The highest BCUT2D eigenvalue weighted by Crippen LogP contribution is 2.15. The molecule has 0 spiro atoms. The fourth-order valence-electron chi connectivity index (χ4n) is 2.76. The molecule has 0 radical (unpaired) electrons. The van der Waals surface area contributed by atoms with E-state index in [1.165, 1.54) is 7.11 Å². The molecule has 0 saturated carbocycles. The minimum absolute atomic E-state index is 0.281. The van der Waals surface area contributed by atoms with Crippen molar-refractivity contribution in [1.82, 2.24) is 15.1 Å². The number of aryl methyl sites for hydroxylation is 1. The van der Waals surface area contributed by atoms with Crippen LogP contribution in [0, 0.1) is 6.92 Å². The van der Waals surface area contributed by atoms with Gasteiger partial charge >= 0.3 is 12.1 Å². The maximum absolute atomic E-state index is 11.8. The van der Waals surface area contributed by atoms with E-state index in [2.05, 4.69) is 15.2 Å². The minimum Gasteiger partial charge on any atom is -0.465 e. The molecule has 26 heavy (non-hydrogen) atoms. The van der Waals surface area contributed by atoms with Crippen LogP contribution in [-0.2, 0) is 16.0 Å². The van der Waals surface area contributed by atoms with Crippen molar-refractivity contribution >= 4 is 18.0 Å². The molecule has 0 atom stereocenters. The molecule has 0 aromatic carbocycles. The number of carbonyl (C=O) groups is 2. The highest BCUT2D eigenvalue weighted by atomic mass is 16.6. The van der Waals surface area contributed by atoms with E-state index < -0.39 is 5.97 Å². The van der Waals surface area contributed by atoms with E-state index in [4.69, 9.17) is 13.9 Å². The van der Waals surface area contributed by atoms with Crippen LogP contribution in [0.1, 0.15) is 28.8 Å². The SMILES string of the molecule is CCOC(=O)N1CCN(C(=NC)NCc2cc(C(=O)OC)c(C)o2)CC1. The van der Waals surface area contributed by atoms with E-state index in [0.717, 1.165) is 0 Å². The molecule has 1 N–H and O–H groups in total. The Morgan fingerprint density at radius 1 is 1.27 bits per heavy atom. The number of piperazine rings is 1. The summed E-state index contributed by atoms with van der Waals surface area (Å²) in [6, 6.07) is 1.67. The molecule has 0 unspecified atom stereocenters. The lowest BCUT2D eigenvalue weighted by molar-refractivity contribution is 0.0598. The molecule has 1 amide bonds. The quantitative estimate of drug-likeness (QED) is 0.486.